The minimum absolute atomic E-state index is 0.869. The van der Waals surface area contributed by atoms with E-state index in [1.807, 2.05) is 18.2 Å². The van der Waals surface area contributed by atoms with Crippen molar-refractivity contribution < 1.29 is 26.5 Å². The maximum Gasteiger partial charge on any atom is 0.161 e. The summed E-state index contributed by atoms with van der Waals surface area (Å²) in [6, 6.07) is 173. The Hall–Kier alpha value is -19.0. The lowest BCUT2D eigenvalue weighted by atomic mass is 9.91. The van der Waals surface area contributed by atoms with Crippen molar-refractivity contribution in [2.45, 2.75) is 0 Å². The molecule has 0 atom stereocenters. The lowest BCUT2D eigenvalue weighted by molar-refractivity contribution is 0.669. The summed E-state index contributed by atoms with van der Waals surface area (Å²) >= 11 is 0. The molecule has 0 spiro atoms. The van der Waals surface area contributed by atoms with E-state index in [2.05, 4.69) is 487 Å². The number of rotatable bonds is 12. The van der Waals surface area contributed by atoms with Crippen LogP contribution in [0.1, 0.15) is 0 Å². The number of aromatic nitrogens is 3. The van der Waals surface area contributed by atoms with E-state index in [1.54, 1.807) is 0 Å². The monoisotopic (exact) mass is 1800 g/mol. The number of furan rings is 6. The maximum absolute atomic E-state index is 6.81. The van der Waals surface area contributed by atoms with E-state index >= 15 is 0 Å². The molecule has 9 heterocycles. The number of para-hydroxylation sites is 10. The highest BCUT2D eigenvalue weighted by atomic mass is 16.4. The summed E-state index contributed by atoms with van der Waals surface area (Å²) in [6.45, 7) is 0. The molecule has 0 saturated heterocycles. The maximum atomic E-state index is 6.81. The van der Waals surface area contributed by atoms with Crippen LogP contribution >= 0.6 is 0 Å². The molecule has 9 aromatic heterocycles. The van der Waals surface area contributed by atoms with Crippen molar-refractivity contribution in [2.24, 2.45) is 0 Å². The number of hydrogen-bond acceptors (Lipinski definition) is 6. The van der Waals surface area contributed by atoms with E-state index < -0.39 is 0 Å². The molecule has 0 amide bonds. The van der Waals surface area contributed by atoms with Gasteiger partial charge in [0.05, 0.1) is 16.6 Å². The minimum Gasteiger partial charge on any atom is -0.455 e. The Labute approximate surface area is 807 Å². The predicted octanol–water partition coefficient (Wildman–Crippen LogP) is 37.3. The molecule has 30 aromatic rings. The van der Waals surface area contributed by atoms with Gasteiger partial charge in [-0.05, 0) is 205 Å². The molecule has 0 saturated carbocycles. The van der Waals surface area contributed by atoms with Crippen LogP contribution in [0.4, 0.5) is 0 Å². The van der Waals surface area contributed by atoms with E-state index in [0.717, 1.165) is 271 Å². The number of benzene rings is 21. The molecule has 21 aromatic carbocycles. The molecule has 0 fully saturated rings. The van der Waals surface area contributed by atoms with Gasteiger partial charge in [-0.25, -0.2) is 0 Å². The highest BCUT2D eigenvalue weighted by Gasteiger charge is 2.28. The number of hydrogen-bond donors (Lipinski definition) is 0. The molecule has 0 unspecified atom stereocenters. The van der Waals surface area contributed by atoms with Gasteiger partial charge in [-0.2, -0.15) is 0 Å². The SMILES string of the molecule is c1ccc(-c2ccc3oc4c(-c5ccccc5-c5ccc6c(c5)oc5c7ccccc7n(-c7ccccc7)c65)cccc4c3c2)cc1.c1ccc(-c2cccc3c2oc2c(-c4ccccc4-c4ccc5oc6c7ccccc7n(-c7ccccc7)c6c5c4)cccc23)cc1.c1ccc(-c2cccc3c2oc2cccc(-c4ccccc4-c4ccc5c(c4)oc4c6ccccc6n(-c6ccccc6)c54)c23)cc1. The van der Waals surface area contributed by atoms with Crippen molar-refractivity contribution >= 4 is 165 Å². The minimum atomic E-state index is 0.869. The molecule has 0 aliphatic carbocycles. The molecule has 9 nitrogen and oxygen atoms in total. The van der Waals surface area contributed by atoms with E-state index in [1.165, 1.54) is 11.1 Å². The van der Waals surface area contributed by atoms with Crippen molar-refractivity contribution in [1.29, 1.82) is 0 Å². The molecule has 660 valence electrons. The fourth-order valence-electron chi connectivity index (χ4n) is 22.0. The van der Waals surface area contributed by atoms with Gasteiger partial charge in [-0.15, -0.1) is 0 Å². The van der Waals surface area contributed by atoms with Crippen molar-refractivity contribution in [3.05, 3.63) is 491 Å². The van der Waals surface area contributed by atoms with Gasteiger partial charge in [-0.1, -0.05) is 364 Å². The smallest absolute Gasteiger partial charge is 0.161 e. The standard InChI is InChI=1S/3C44H27NO2/c1-3-13-28(14-4-1)32-20-11-22-35-36-23-12-21-34(43(36)47-42(32)35)33-18-8-7-17-31(33)29-25-26-40-38(27-29)41-44(46-40)37-19-9-10-24-39(37)45(41)30-15-5-2-6-16-30;1-3-13-28(14-4-1)32-20-11-22-37-41-34(21-12-24-39(41)46-43(32)37)33-18-8-7-17-31(33)29-25-26-36-40(27-29)47-44-35-19-9-10-23-38(35)45(42(36)44)30-15-5-2-6-16-30;1-3-12-28(13-4-1)29-23-25-40-38(26-29)35-20-11-19-34(43(35)46-40)33-17-8-7-16-32(33)30-22-24-37-41(27-30)47-44-36-18-9-10-21-39(36)45(42(37)44)31-14-5-2-6-15-31/h3*1-27H. The van der Waals surface area contributed by atoms with E-state index in [4.69, 9.17) is 26.5 Å². The van der Waals surface area contributed by atoms with E-state index in [9.17, 15) is 0 Å². The second-order valence-electron chi connectivity index (χ2n) is 36.2. The Morgan fingerprint density at radius 3 is 0.894 bits per heavy atom. The first-order valence-electron chi connectivity index (χ1n) is 47.8. The summed E-state index contributed by atoms with van der Waals surface area (Å²) in [7, 11) is 0. The van der Waals surface area contributed by atoms with Crippen LogP contribution in [0.15, 0.2) is 518 Å². The zero-order chi connectivity index (χ0) is 92.7. The van der Waals surface area contributed by atoms with Gasteiger partial charge in [0, 0.05) is 104 Å². The highest BCUT2D eigenvalue weighted by Crippen LogP contribution is 2.51. The van der Waals surface area contributed by atoms with Gasteiger partial charge in [0.15, 0.2) is 16.7 Å². The molecule has 0 aliphatic heterocycles. The Morgan fingerprint density at radius 1 is 0.128 bits per heavy atom. The summed E-state index contributed by atoms with van der Waals surface area (Å²) in [6.07, 6.45) is 0. The molecule has 0 N–H and O–H groups in total. The van der Waals surface area contributed by atoms with Crippen LogP contribution in [0.3, 0.4) is 0 Å². The molecule has 0 aliphatic rings. The molecule has 141 heavy (non-hydrogen) atoms. The summed E-state index contributed by atoms with van der Waals surface area (Å²) in [5.41, 5.74) is 41.0. The van der Waals surface area contributed by atoms with Gasteiger partial charge in [-0.3, -0.25) is 0 Å². The predicted molar refractivity (Wildman–Crippen MR) is 582 cm³/mol. The third-order valence-corrected chi connectivity index (χ3v) is 28.3. The molecule has 0 radical (unpaired) electrons. The van der Waals surface area contributed by atoms with Crippen LogP contribution in [0.5, 0.6) is 0 Å². The van der Waals surface area contributed by atoms with Crippen LogP contribution in [0.2, 0.25) is 0 Å². The van der Waals surface area contributed by atoms with Crippen LogP contribution in [0.25, 0.3) is 282 Å². The van der Waals surface area contributed by atoms with Crippen molar-refractivity contribution in [3.63, 3.8) is 0 Å². The zero-order valence-electron chi connectivity index (χ0n) is 76.1. The number of fused-ring (bicyclic) bond motifs is 24. The first kappa shape index (κ1) is 80.5. The van der Waals surface area contributed by atoms with Gasteiger partial charge in [0.25, 0.3) is 0 Å². The van der Waals surface area contributed by atoms with Gasteiger partial charge < -0.3 is 40.2 Å². The largest absolute Gasteiger partial charge is 0.455 e. The summed E-state index contributed by atoms with van der Waals surface area (Å²) in [5, 5.41) is 13.3. The fraction of sp³-hybridized carbons (Fsp3) is 0. The summed E-state index contributed by atoms with van der Waals surface area (Å²) in [5.74, 6) is 0. The second-order valence-corrected chi connectivity index (χ2v) is 36.2. The Balaban J connectivity index is 0.000000104. The third kappa shape index (κ3) is 13.2. The molecule has 0 bridgehead atoms. The molecular weight excluding hydrogens is 1720 g/mol. The Kier molecular flexibility index (Phi) is 18.8. The molecular formula is C132H81N3O6. The van der Waals surface area contributed by atoms with Crippen LogP contribution in [-0.4, -0.2) is 13.7 Å². The molecule has 9 heteroatoms. The van der Waals surface area contributed by atoms with E-state index in [-0.39, 0.29) is 0 Å². The quantitative estimate of drug-likeness (QED) is 0.121. The zero-order valence-corrected chi connectivity index (χ0v) is 76.1. The summed E-state index contributed by atoms with van der Waals surface area (Å²) < 4.78 is 46.9. The first-order chi connectivity index (χ1) is 70.0. The average molecular weight is 1810 g/mol. The average Bonchev–Trinajstić information content (AvgIpc) is 1.57. The van der Waals surface area contributed by atoms with Crippen molar-refractivity contribution in [1.82, 2.24) is 13.7 Å². The Morgan fingerprint density at radius 2 is 0.418 bits per heavy atom. The van der Waals surface area contributed by atoms with Crippen LogP contribution < -0.4 is 0 Å². The fourth-order valence-corrected chi connectivity index (χ4v) is 22.0. The van der Waals surface area contributed by atoms with Crippen LogP contribution in [-0.2, 0) is 0 Å². The van der Waals surface area contributed by atoms with Crippen molar-refractivity contribution in [2.75, 3.05) is 0 Å². The summed E-state index contributed by atoms with van der Waals surface area (Å²) in [4.78, 5) is 0. The second kappa shape index (κ2) is 33.0. The lowest BCUT2D eigenvalue weighted by Crippen LogP contribution is -1.93. The topological polar surface area (TPSA) is 93.6 Å². The van der Waals surface area contributed by atoms with E-state index in [0.29, 0.717) is 0 Å². The van der Waals surface area contributed by atoms with Crippen LogP contribution in [0, 0.1) is 0 Å². The first-order valence-corrected chi connectivity index (χ1v) is 47.8. The molecule has 30 rings (SSSR count). The van der Waals surface area contributed by atoms with Gasteiger partial charge >= 0.3 is 0 Å². The lowest BCUT2D eigenvalue weighted by Gasteiger charge is -2.12. The highest BCUT2D eigenvalue weighted by molar-refractivity contribution is 6.23. The third-order valence-electron chi connectivity index (χ3n) is 28.3. The number of nitrogens with zero attached hydrogens (tertiary/aromatic N) is 3. The Bertz CT molecular complexity index is 10200. The van der Waals surface area contributed by atoms with Crippen molar-refractivity contribution in [3.8, 4) is 117 Å². The van der Waals surface area contributed by atoms with Gasteiger partial charge in [0.1, 0.15) is 66.8 Å². The van der Waals surface area contributed by atoms with Gasteiger partial charge in [0.2, 0.25) is 0 Å². The normalized spacial score (nSPS) is 11.8.